The Balaban J connectivity index is 0.593. The van der Waals surface area contributed by atoms with Crippen molar-refractivity contribution in [3.05, 3.63) is 198 Å². The van der Waals surface area contributed by atoms with Crippen molar-refractivity contribution in [1.29, 1.82) is 10.5 Å². The number of fused-ring (bicyclic) bond motifs is 6. The van der Waals surface area contributed by atoms with Gasteiger partial charge in [-0.15, -0.1) is 0 Å². The number of halogens is 3. The van der Waals surface area contributed by atoms with Gasteiger partial charge in [0.05, 0.1) is 79.3 Å². The second-order valence-corrected chi connectivity index (χ2v) is 36.2. The van der Waals surface area contributed by atoms with Gasteiger partial charge in [0.15, 0.2) is 0 Å². The zero-order chi connectivity index (χ0) is 89.3. The Labute approximate surface area is 752 Å². The lowest BCUT2D eigenvalue weighted by molar-refractivity contribution is -0.136. The highest BCUT2D eigenvalue weighted by molar-refractivity contribution is 6.00. The monoisotopic (exact) mass is 1750 g/mol. The molecule has 0 spiro atoms. The van der Waals surface area contributed by atoms with Gasteiger partial charge in [0, 0.05) is 179 Å². The number of hydrogen-bond donors (Lipinski definition) is 1. The predicted molar refractivity (Wildman–Crippen MR) is 493 cm³/mol. The van der Waals surface area contributed by atoms with Crippen molar-refractivity contribution in [1.82, 2.24) is 59.3 Å². The van der Waals surface area contributed by atoms with E-state index >= 15 is 13.2 Å². The summed E-state index contributed by atoms with van der Waals surface area (Å²) in [5, 5.41) is 36.2. The zero-order valence-corrected chi connectivity index (χ0v) is 74.3. The number of anilines is 6. The predicted octanol–water partition coefficient (Wildman–Crippen LogP) is 12.1. The molecule has 0 aliphatic carbocycles. The number of aliphatic hydroxyl groups excluding tert-OH is 1. The molecule has 18 rings (SSSR count). The van der Waals surface area contributed by atoms with E-state index in [0.717, 1.165) is 107 Å². The third kappa shape index (κ3) is 18.1. The van der Waals surface area contributed by atoms with Crippen LogP contribution in [0.2, 0.25) is 0 Å². The third-order valence-corrected chi connectivity index (χ3v) is 28.7. The third-order valence-electron chi connectivity index (χ3n) is 28.7. The Morgan fingerprint density at radius 1 is 0.512 bits per heavy atom. The molecule has 6 saturated heterocycles. The normalized spacial score (nSPS) is 22.8. The number of aliphatic hydroxyl groups is 1. The first kappa shape index (κ1) is 87.9. The Kier molecular flexibility index (Phi) is 26.0. The molecule has 674 valence electrons. The molecule has 30 heteroatoms. The summed E-state index contributed by atoms with van der Waals surface area (Å²) in [4.78, 5) is 83.9. The van der Waals surface area contributed by atoms with Crippen molar-refractivity contribution in [2.45, 2.75) is 151 Å². The SMILES string of the molecule is C=CC(=O)N1CCN(c2nc(OC[C@H]3CCC(c4ccc(N5CCc6c(nc(OC[C@@H]7CC(c8cc(N9CCc%10c(nc(OC[C@@H]%11CCCN%11C)nc%10N%10CCN(C(O)C=C)[C@@H](CC#N)C%10)C9)c9c(C(F)(F)F)cccc9c8)CN7C)nc6N6CCN(C(=O)C=C)[C@@H](CCOC)C6)C5)c5ccccc45)CN3C)nc3c2CCN(c2cccc4ccccc24)C3)C[C@@H]1CC#N. The number of aromatic nitrogens is 6. The van der Waals surface area contributed by atoms with Crippen molar-refractivity contribution in [2.75, 3.05) is 182 Å². The van der Waals surface area contributed by atoms with Crippen LogP contribution in [0.25, 0.3) is 32.3 Å². The minimum Gasteiger partial charge on any atom is -0.462 e. The van der Waals surface area contributed by atoms with Gasteiger partial charge in [-0.25, -0.2) is 0 Å². The zero-order valence-electron chi connectivity index (χ0n) is 74.3. The summed E-state index contributed by atoms with van der Waals surface area (Å²) < 4.78 is 72.6. The average molecular weight is 1750 g/mol. The maximum atomic E-state index is 15.6. The minimum atomic E-state index is -4.66. The molecule has 9 aliphatic heterocycles. The summed E-state index contributed by atoms with van der Waals surface area (Å²) in [5.41, 5.74) is 9.63. The molecule has 12 heterocycles. The highest BCUT2D eigenvalue weighted by Gasteiger charge is 2.43. The van der Waals surface area contributed by atoms with Gasteiger partial charge in [0.1, 0.15) is 43.5 Å². The molecule has 1 N–H and O–H groups in total. The van der Waals surface area contributed by atoms with Crippen LogP contribution in [0.5, 0.6) is 18.0 Å². The highest BCUT2D eigenvalue weighted by atomic mass is 19.4. The van der Waals surface area contributed by atoms with Gasteiger partial charge in [-0.05, 0) is 167 Å². The van der Waals surface area contributed by atoms with Gasteiger partial charge >= 0.3 is 24.2 Å². The van der Waals surface area contributed by atoms with Crippen molar-refractivity contribution in [3.63, 3.8) is 0 Å². The smallest absolute Gasteiger partial charge is 0.417 e. The van der Waals surface area contributed by atoms with Crippen molar-refractivity contribution in [2.24, 2.45) is 0 Å². The van der Waals surface area contributed by atoms with Gasteiger partial charge in [0.2, 0.25) is 11.8 Å². The van der Waals surface area contributed by atoms with E-state index in [0.29, 0.717) is 172 Å². The molecular weight excluding hydrogens is 1640 g/mol. The largest absolute Gasteiger partial charge is 0.462 e. The number of ether oxygens (including phenoxy) is 4. The lowest BCUT2D eigenvalue weighted by Gasteiger charge is -2.43. The summed E-state index contributed by atoms with van der Waals surface area (Å²) in [6.45, 7) is 22.6. The number of rotatable bonds is 26. The van der Waals surface area contributed by atoms with Crippen molar-refractivity contribution >= 4 is 78.6 Å². The first-order valence-corrected chi connectivity index (χ1v) is 45.7. The van der Waals surface area contributed by atoms with Crippen LogP contribution >= 0.6 is 0 Å². The van der Waals surface area contributed by atoms with Crippen LogP contribution in [0.1, 0.15) is 114 Å². The fourth-order valence-corrected chi connectivity index (χ4v) is 21.7. The lowest BCUT2D eigenvalue weighted by Crippen LogP contribution is -2.56. The molecule has 6 aromatic carbocycles. The summed E-state index contributed by atoms with van der Waals surface area (Å²) in [7, 11) is 8.01. The average Bonchev–Trinajstić information content (AvgIpc) is 1.66. The summed E-state index contributed by atoms with van der Waals surface area (Å²) in [5.74, 6) is 2.08. The molecule has 9 aliphatic rings. The quantitative estimate of drug-likeness (QED) is 0.0390. The maximum absolute atomic E-state index is 15.6. The molecule has 27 nitrogen and oxygen atoms in total. The van der Waals surface area contributed by atoms with E-state index in [2.05, 4.69) is 171 Å². The first-order valence-electron chi connectivity index (χ1n) is 45.7. The van der Waals surface area contributed by atoms with Crippen LogP contribution in [0.3, 0.4) is 0 Å². The first-order chi connectivity index (χ1) is 62.7. The fraction of sp³-hybridized carbons (Fsp3) is 0.475. The number of amides is 2. The number of hydrogen-bond acceptors (Lipinski definition) is 25. The number of likely N-dealkylation sites (N-methyl/N-ethyl adjacent to an activating group) is 3. The van der Waals surface area contributed by atoms with E-state index in [9.17, 15) is 25.2 Å². The number of likely N-dealkylation sites (tertiary alicyclic amines) is 3. The molecule has 9 atom stereocenters. The molecule has 2 amide bonds. The number of nitrogens with zero attached hydrogens (tertiary/aromatic N) is 20. The Bertz CT molecular complexity index is 5790. The fourth-order valence-electron chi connectivity index (χ4n) is 21.7. The Hall–Kier alpha value is -11.8. The number of nitriles is 2. The van der Waals surface area contributed by atoms with Crippen LogP contribution in [0.4, 0.5) is 47.7 Å². The molecule has 3 unspecified atom stereocenters. The van der Waals surface area contributed by atoms with Gasteiger partial charge in [-0.2, -0.15) is 53.6 Å². The van der Waals surface area contributed by atoms with Crippen LogP contribution in [-0.4, -0.2) is 272 Å². The van der Waals surface area contributed by atoms with E-state index in [1.54, 1.807) is 18.1 Å². The van der Waals surface area contributed by atoms with Crippen molar-refractivity contribution in [3.8, 4) is 30.2 Å². The van der Waals surface area contributed by atoms with E-state index in [1.807, 2.05) is 26.8 Å². The van der Waals surface area contributed by atoms with Gasteiger partial charge in [-0.1, -0.05) is 105 Å². The van der Waals surface area contributed by atoms with E-state index < -0.39 is 18.0 Å². The van der Waals surface area contributed by atoms with E-state index in [1.165, 1.54) is 52.1 Å². The van der Waals surface area contributed by atoms with Gasteiger partial charge in [0.25, 0.3) is 0 Å². The molecule has 0 saturated carbocycles. The summed E-state index contributed by atoms with van der Waals surface area (Å²) >= 11 is 0. The standard InChI is InChI=1S/C99H115F3N20O7/c1-8-89(123)120-46-43-117(55-69(120)31-37-103)93-79-33-40-114(86-26-16-19-64-18-11-12-22-76(64)86)58-83(79)105-97(109-93)128-62-73-28-27-66(53-112(73)5)75-29-30-87(78-24-14-13-23-77(75)78)115-41-34-80-84(59-115)106-98(110-95(80)119-45-48-122(91(125)10-3)71(57-119)36-49-126-7)129-63-74-51-68(54-113(74)6)67-50-65-20-15-25-82(99(100,101)102)92(65)88(52-67)116-42-35-81-85(60-116)107-96(127-61-72-21-17-39-111(72)4)108-94(81)118-44-47-121(90(124)9-2)70(56-118)32-38-104/h8-16,18-20,22-26,29-30,50,52,66,68-74,90,124H,1-3,17,21,27-28,31-36,39-49,51,53-63H2,4-7H3/t66?,68?,69-,70-,71-,72-,73+,74-,90?/m0/s1. The number of carbonyl (C=O) groups excluding carboxylic acids is 2. The van der Waals surface area contributed by atoms with Gasteiger partial charge < -0.3 is 68.2 Å². The van der Waals surface area contributed by atoms with Crippen molar-refractivity contribution < 1.29 is 46.8 Å². The highest BCUT2D eigenvalue weighted by Crippen LogP contribution is 2.47. The minimum absolute atomic E-state index is 0.0797. The Morgan fingerprint density at radius 2 is 1.02 bits per heavy atom. The molecule has 6 fully saturated rings. The van der Waals surface area contributed by atoms with Crippen LogP contribution < -0.4 is 43.6 Å². The van der Waals surface area contributed by atoms with Crippen LogP contribution in [-0.2, 0) is 59.4 Å². The van der Waals surface area contributed by atoms with E-state index in [4.69, 9.17) is 48.9 Å². The molecule has 9 aromatic rings. The molecule has 3 aromatic heterocycles. The molecule has 0 bridgehead atoms. The number of piperazine rings is 3. The molecule has 0 radical (unpaired) electrons. The second-order valence-electron chi connectivity index (χ2n) is 36.2. The lowest BCUT2D eigenvalue weighted by atomic mass is 9.84. The van der Waals surface area contributed by atoms with Crippen LogP contribution in [0, 0.1) is 22.7 Å². The summed E-state index contributed by atoms with van der Waals surface area (Å²) in [6.07, 6.45) is 5.80. The Morgan fingerprint density at radius 3 is 1.60 bits per heavy atom. The number of carbonyl (C=O) groups is 2. The number of piperidine rings is 1. The number of methoxy groups -OCH3 is 1. The maximum Gasteiger partial charge on any atom is 0.417 e. The number of benzene rings is 6. The molecular formula is C99H115F3N20O7. The molecule has 129 heavy (non-hydrogen) atoms. The number of alkyl halides is 3. The van der Waals surface area contributed by atoms with Crippen LogP contribution in [0.15, 0.2) is 147 Å². The topological polar surface area (TPSA) is 255 Å². The second kappa shape index (κ2) is 38.1. The van der Waals surface area contributed by atoms with E-state index in [-0.39, 0.29) is 103 Å². The summed E-state index contributed by atoms with van der Waals surface area (Å²) in [6, 6.07) is 41.3. The van der Waals surface area contributed by atoms with Gasteiger partial charge in [-0.3, -0.25) is 24.3 Å².